The topological polar surface area (TPSA) is 71.0 Å². The highest BCUT2D eigenvalue weighted by Gasteiger charge is 2.13. The highest BCUT2D eigenvalue weighted by Crippen LogP contribution is 2.07. The maximum absolute atomic E-state index is 12.2. The Morgan fingerprint density at radius 1 is 1.42 bits per heavy atom. The molecule has 2 rings (SSSR count). The van der Waals surface area contributed by atoms with E-state index in [-0.39, 0.29) is 18.0 Å². The molecule has 0 atom stereocenters. The first-order chi connectivity index (χ1) is 9.06. The minimum Gasteiger partial charge on any atom is -0.343 e. The van der Waals surface area contributed by atoms with Gasteiger partial charge in [0.25, 0.3) is 5.56 Å². The number of hydrogen-bond donors (Lipinski definition) is 1. The van der Waals surface area contributed by atoms with Crippen LogP contribution in [-0.2, 0) is 11.3 Å². The number of aromatic nitrogens is 3. The molecule has 2 heterocycles. The van der Waals surface area contributed by atoms with Crippen molar-refractivity contribution in [2.45, 2.75) is 27.3 Å². The van der Waals surface area contributed by atoms with E-state index < -0.39 is 0 Å². The van der Waals surface area contributed by atoms with Crippen LogP contribution in [0.25, 0.3) is 11.0 Å². The summed E-state index contributed by atoms with van der Waals surface area (Å²) in [6.45, 7) is 7.02. The molecule has 6 nitrogen and oxygen atoms in total. The monoisotopic (exact) mass is 262 g/mol. The van der Waals surface area contributed by atoms with E-state index in [1.54, 1.807) is 11.0 Å². The van der Waals surface area contributed by atoms with Crippen LogP contribution in [0.5, 0.6) is 0 Å². The van der Waals surface area contributed by atoms with E-state index in [0.29, 0.717) is 24.1 Å². The maximum Gasteiger partial charge on any atom is 0.263 e. The minimum absolute atomic E-state index is 0.0354. The second-order valence-electron chi connectivity index (χ2n) is 4.46. The fraction of sp³-hybridized carbons (Fsp3) is 0.462. The third-order valence-electron chi connectivity index (χ3n) is 3.17. The molecule has 0 aliphatic carbocycles. The summed E-state index contributed by atoms with van der Waals surface area (Å²) >= 11 is 0. The van der Waals surface area contributed by atoms with Gasteiger partial charge in [0.2, 0.25) is 5.91 Å². The van der Waals surface area contributed by atoms with Crippen LogP contribution in [0.2, 0.25) is 0 Å². The van der Waals surface area contributed by atoms with E-state index in [9.17, 15) is 9.59 Å². The molecule has 102 valence electrons. The first-order valence-electron chi connectivity index (χ1n) is 6.39. The number of fused-ring (bicyclic) bond motifs is 1. The Morgan fingerprint density at radius 2 is 2.11 bits per heavy atom. The molecule has 0 unspecified atom stereocenters. The number of likely N-dealkylation sites (N-methyl/N-ethyl adjacent to an activating group) is 1. The van der Waals surface area contributed by atoms with Crippen LogP contribution < -0.4 is 5.56 Å². The Balaban J connectivity index is 2.33. The maximum atomic E-state index is 12.2. The standard InChI is InChI=1S/C13H18N4O2/c1-4-16(5-2)11(18)7-17-8-14-12-10(13(17)19)6-9(3)15-12/h6,8,15H,4-5,7H2,1-3H3. The lowest BCUT2D eigenvalue weighted by Gasteiger charge is -2.18. The Kier molecular flexibility index (Phi) is 3.69. The van der Waals surface area contributed by atoms with Crippen molar-refractivity contribution in [1.82, 2.24) is 19.4 Å². The van der Waals surface area contributed by atoms with E-state index in [0.717, 1.165) is 5.69 Å². The fourth-order valence-corrected chi connectivity index (χ4v) is 2.11. The summed E-state index contributed by atoms with van der Waals surface area (Å²) in [6.07, 6.45) is 1.42. The largest absolute Gasteiger partial charge is 0.343 e. The molecule has 6 heteroatoms. The number of carbonyl (C=O) groups is 1. The van der Waals surface area contributed by atoms with Gasteiger partial charge >= 0.3 is 0 Å². The van der Waals surface area contributed by atoms with Crippen LogP contribution >= 0.6 is 0 Å². The molecule has 0 saturated heterocycles. The summed E-state index contributed by atoms with van der Waals surface area (Å²) in [5.74, 6) is -0.0690. The van der Waals surface area contributed by atoms with Crippen molar-refractivity contribution in [3.63, 3.8) is 0 Å². The van der Waals surface area contributed by atoms with E-state index >= 15 is 0 Å². The highest BCUT2D eigenvalue weighted by molar-refractivity contribution is 5.78. The number of nitrogens with zero attached hydrogens (tertiary/aromatic N) is 3. The number of H-pyrrole nitrogens is 1. The van der Waals surface area contributed by atoms with Gasteiger partial charge in [-0.1, -0.05) is 0 Å². The second-order valence-corrected chi connectivity index (χ2v) is 4.46. The number of carbonyl (C=O) groups excluding carboxylic acids is 1. The van der Waals surface area contributed by atoms with Crippen molar-refractivity contribution in [2.75, 3.05) is 13.1 Å². The molecular weight excluding hydrogens is 244 g/mol. The average Bonchev–Trinajstić information content (AvgIpc) is 2.76. The van der Waals surface area contributed by atoms with Crippen LogP contribution in [0.1, 0.15) is 19.5 Å². The number of amides is 1. The second kappa shape index (κ2) is 5.26. The number of rotatable bonds is 4. The Morgan fingerprint density at radius 3 is 2.74 bits per heavy atom. The first kappa shape index (κ1) is 13.3. The van der Waals surface area contributed by atoms with Crippen LogP contribution in [0.15, 0.2) is 17.2 Å². The lowest BCUT2D eigenvalue weighted by atomic mass is 10.3. The molecule has 1 amide bonds. The lowest BCUT2D eigenvalue weighted by Crippen LogP contribution is -2.36. The van der Waals surface area contributed by atoms with Gasteiger partial charge in [0, 0.05) is 18.8 Å². The van der Waals surface area contributed by atoms with Gasteiger partial charge < -0.3 is 9.88 Å². The van der Waals surface area contributed by atoms with Crippen molar-refractivity contribution in [1.29, 1.82) is 0 Å². The Hall–Kier alpha value is -2.11. The minimum atomic E-state index is -0.185. The van der Waals surface area contributed by atoms with Gasteiger partial charge in [-0.3, -0.25) is 14.2 Å². The van der Waals surface area contributed by atoms with Gasteiger partial charge in [0.05, 0.1) is 5.39 Å². The van der Waals surface area contributed by atoms with Gasteiger partial charge in [-0.05, 0) is 26.8 Å². The summed E-state index contributed by atoms with van der Waals surface area (Å²) < 4.78 is 1.36. The number of hydrogen-bond acceptors (Lipinski definition) is 3. The quantitative estimate of drug-likeness (QED) is 0.890. The smallest absolute Gasteiger partial charge is 0.263 e. The van der Waals surface area contributed by atoms with Crippen molar-refractivity contribution in [3.05, 3.63) is 28.4 Å². The van der Waals surface area contributed by atoms with Gasteiger partial charge in [-0.15, -0.1) is 0 Å². The van der Waals surface area contributed by atoms with Gasteiger partial charge in [-0.25, -0.2) is 4.98 Å². The van der Waals surface area contributed by atoms with E-state index in [4.69, 9.17) is 0 Å². The van der Waals surface area contributed by atoms with Crippen molar-refractivity contribution in [3.8, 4) is 0 Å². The molecule has 0 bridgehead atoms. The fourth-order valence-electron chi connectivity index (χ4n) is 2.11. The molecule has 2 aromatic heterocycles. The zero-order chi connectivity index (χ0) is 14.0. The molecule has 1 N–H and O–H groups in total. The first-order valence-corrected chi connectivity index (χ1v) is 6.39. The predicted molar refractivity (Wildman–Crippen MR) is 73.0 cm³/mol. The third-order valence-corrected chi connectivity index (χ3v) is 3.17. The summed E-state index contributed by atoms with van der Waals surface area (Å²) in [6, 6.07) is 1.75. The molecule has 0 aromatic carbocycles. The Labute approximate surface area is 111 Å². The molecule has 2 aromatic rings. The summed E-state index contributed by atoms with van der Waals surface area (Å²) in [4.78, 5) is 33.1. The number of aryl methyl sites for hydroxylation is 1. The normalized spacial score (nSPS) is 10.9. The molecule has 0 spiro atoms. The summed E-state index contributed by atoms with van der Waals surface area (Å²) in [5.41, 5.74) is 1.26. The average molecular weight is 262 g/mol. The van der Waals surface area contributed by atoms with Crippen LogP contribution in [0.4, 0.5) is 0 Å². The molecular formula is C13H18N4O2. The molecule has 0 aliphatic heterocycles. The van der Waals surface area contributed by atoms with Gasteiger partial charge in [0.15, 0.2) is 0 Å². The van der Waals surface area contributed by atoms with Crippen molar-refractivity contribution in [2.24, 2.45) is 0 Å². The van der Waals surface area contributed by atoms with Crippen LogP contribution in [0.3, 0.4) is 0 Å². The van der Waals surface area contributed by atoms with E-state index in [1.807, 2.05) is 20.8 Å². The van der Waals surface area contributed by atoms with Gasteiger partial charge in [-0.2, -0.15) is 0 Å². The molecule has 0 fully saturated rings. The van der Waals surface area contributed by atoms with Crippen LogP contribution in [-0.4, -0.2) is 38.4 Å². The van der Waals surface area contributed by atoms with Crippen LogP contribution in [0, 0.1) is 6.92 Å². The highest BCUT2D eigenvalue weighted by atomic mass is 16.2. The van der Waals surface area contributed by atoms with E-state index in [2.05, 4.69) is 9.97 Å². The van der Waals surface area contributed by atoms with Crippen molar-refractivity contribution >= 4 is 16.9 Å². The lowest BCUT2D eigenvalue weighted by molar-refractivity contribution is -0.131. The predicted octanol–water partition coefficient (Wildman–Crippen LogP) is 0.901. The van der Waals surface area contributed by atoms with E-state index in [1.165, 1.54) is 10.9 Å². The zero-order valence-corrected chi connectivity index (χ0v) is 11.4. The summed E-state index contributed by atoms with van der Waals surface area (Å²) in [5, 5.41) is 0.521. The molecule has 19 heavy (non-hydrogen) atoms. The molecule has 0 radical (unpaired) electrons. The Bertz CT molecular complexity index is 652. The number of nitrogens with one attached hydrogen (secondary N) is 1. The summed E-state index contributed by atoms with van der Waals surface area (Å²) in [7, 11) is 0. The number of aromatic amines is 1. The zero-order valence-electron chi connectivity index (χ0n) is 11.4. The third kappa shape index (κ3) is 2.52. The molecule has 0 aliphatic rings. The SMILES string of the molecule is CCN(CC)C(=O)Cn1cnc2[nH]c(C)cc2c1=O. The van der Waals surface area contributed by atoms with Gasteiger partial charge in [0.1, 0.15) is 18.5 Å². The van der Waals surface area contributed by atoms with Crippen molar-refractivity contribution < 1.29 is 4.79 Å². The molecule has 0 saturated carbocycles.